The summed E-state index contributed by atoms with van der Waals surface area (Å²) in [5.74, 6) is 0. The number of nitrogens with two attached hydrogens (primary N) is 1. The first-order valence-corrected chi connectivity index (χ1v) is 5.56. The summed E-state index contributed by atoms with van der Waals surface area (Å²) in [4.78, 5) is 3.74. The maximum absolute atomic E-state index is 12.5. The van der Waals surface area contributed by atoms with Gasteiger partial charge in [0.1, 0.15) is 0 Å². The molecular weight excluding hydrogens is 225 g/mol. The van der Waals surface area contributed by atoms with E-state index in [0.29, 0.717) is 11.4 Å². The Kier molecular flexibility index (Phi) is 4.10. The Bertz CT molecular complexity index is 320. The standard InChI is InChI=1S/C9H13F3N2S/c1-2-3-4-7-14-8(9(10,11)12)6(5-13)15-7/h2-5,13H2,1H3. The van der Waals surface area contributed by atoms with Crippen molar-refractivity contribution in [2.24, 2.45) is 5.73 Å². The third-order valence-electron chi connectivity index (χ3n) is 1.94. The molecule has 0 aromatic carbocycles. The number of hydrogen-bond donors (Lipinski definition) is 1. The molecule has 1 heterocycles. The average Bonchev–Trinajstić information content (AvgIpc) is 2.57. The molecular formula is C9H13F3N2S. The summed E-state index contributed by atoms with van der Waals surface area (Å²) < 4.78 is 37.4. The minimum atomic E-state index is -4.38. The topological polar surface area (TPSA) is 38.9 Å². The zero-order valence-corrected chi connectivity index (χ0v) is 9.21. The van der Waals surface area contributed by atoms with E-state index in [9.17, 15) is 13.2 Å². The molecule has 0 saturated carbocycles. The van der Waals surface area contributed by atoms with Crippen LogP contribution in [0.5, 0.6) is 0 Å². The lowest BCUT2D eigenvalue weighted by atomic mass is 10.2. The molecule has 0 fully saturated rings. The lowest BCUT2D eigenvalue weighted by Crippen LogP contribution is -2.10. The van der Waals surface area contributed by atoms with Crippen LogP contribution in [0.1, 0.15) is 35.3 Å². The van der Waals surface area contributed by atoms with E-state index >= 15 is 0 Å². The van der Waals surface area contributed by atoms with Gasteiger partial charge in [0.15, 0.2) is 5.69 Å². The van der Waals surface area contributed by atoms with Crippen molar-refractivity contribution < 1.29 is 13.2 Å². The van der Waals surface area contributed by atoms with E-state index in [-0.39, 0.29) is 11.4 Å². The summed E-state index contributed by atoms with van der Waals surface area (Å²) in [5.41, 5.74) is 4.46. The highest BCUT2D eigenvalue weighted by atomic mass is 32.1. The SMILES string of the molecule is CCCCc1nc(C(F)(F)F)c(CN)s1. The van der Waals surface area contributed by atoms with Gasteiger partial charge < -0.3 is 5.73 Å². The first-order chi connectivity index (χ1) is 6.99. The highest BCUT2D eigenvalue weighted by molar-refractivity contribution is 7.11. The molecule has 0 aliphatic carbocycles. The predicted molar refractivity (Wildman–Crippen MR) is 53.6 cm³/mol. The summed E-state index contributed by atoms with van der Waals surface area (Å²) in [6.07, 6.45) is -1.98. The van der Waals surface area contributed by atoms with Gasteiger partial charge in [0.25, 0.3) is 0 Å². The third kappa shape index (κ3) is 3.17. The van der Waals surface area contributed by atoms with E-state index in [1.807, 2.05) is 6.92 Å². The van der Waals surface area contributed by atoms with Crippen molar-refractivity contribution >= 4 is 11.3 Å². The zero-order valence-electron chi connectivity index (χ0n) is 8.40. The maximum Gasteiger partial charge on any atom is 0.434 e. The molecule has 2 nitrogen and oxygen atoms in total. The highest BCUT2D eigenvalue weighted by Gasteiger charge is 2.36. The second-order valence-corrected chi connectivity index (χ2v) is 4.35. The van der Waals surface area contributed by atoms with Crippen LogP contribution in [0.25, 0.3) is 0 Å². The number of aryl methyl sites for hydroxylation is 1. The van der Waals surface area contributed by atoms with Gasteiger partial charge in [-0.2, -0.15) is 13.2 Å². The fraction of sp³-hybridized carbons (Fsp3) is 0.667. The van der Waals surface area contributed by atoms with E-state index in [1.165, 1.54) is 0 Å². The van der Waals surface area contributed by atoms with Gasteiger partial charge in [-0.15, -0.1) is 11.3 Å². The van der Waals surface area contributed by atoms with Gasteiger partial charge in [0.05, 0.1) is 9.88 Å². The van der Waals surface area contributed by atoms with Gasteiger partial charge in [-0.05, 0) is 12.8 Å². The van der Waals surface area contributed by atoms with Crippen molar-refractivity contribution in [3.8, 4) is 0 Å². The second-order valence-electron chi connectivity index (χ2n) is 3.18. The van der Waals surface area contributed by atoms with Crippen LogP contribution in [-0.4, -0.2) is 4.98 Å². The number of alkyl halides is 3. The fourth-order valence-corrected chi connectivity index (χ4v) is 2.20. The molecule has 0 aliphatic rings. The quantitative estimate of drug-likeness (QED) is 0.875. The van der Waals surface area contributed by atoms with Gasteiger partial charge in [-0.3, -0.25) is 0 Å². The van der Waals surface area contributed by atoms with Gasteiger partial charge >= 0.3 is 6.18 Å². The first kappa shape index (κ1) is 12.4. The Labute approximate surface area is 90.3 Å². The van der Waals surface area contributed by atoms with Crippen LogP contribution in [-0.2, 0) is 19.1 Å². The van der Waals surface area contributed by atoms with Gasteiger partial charge in [0.2, 0.25) is 0 Å². The number of hydrogen-bond acceptors (Lipinski definition) is 3. The zero-order chi connectivity index (χ0) is 11.5. The van der Waals surface area contributed by atoms with Crippen LogP contribution < -0.4 is 5.73 Å². The second kappa shape index (κ2) is 4.94. The third-order valence-corrected chi connectivity index (χ3v) is 3.08. The van der Waals surface area contributed by atoms with Crippen molar-refractivity contribution in [1.29, 1.82) is 0 Å². The number of aromatic nitrogens is 1. The molecule has 6 heteroatoms. The largest absolute Gasteiger partial charge is 0.434 e. The molecule has 15 heavy (non-hydrogen) atoms. The molecule has 0 bridgehead atoms. The highest BCUT2D eigenvalue weighted by Crippen LogP contribution is 2.34. The van der Waals surface area contributed by atoms with E-state index in [0.717, 1.165) is 24.2 Å². The predicted octanol–water partition coefficient (Wildman–Crippen LogP) is 2.96. The molecule has 1 aromatic rings. The lowest BCUT2D eigenvalue weighted by Gasteiger charge is -2.03. The Balaban J connectivity index is 2.90. The van der Waals surface area contributed by atoms with Crippen LogP contribution in [0.4, 0.5) is 13.2 Å². The fourth-order valence-electron chi connectivity index (χ4n) is 1.20. The van der Waals surface area contributed by atoms with Crippen LogP contribution >= 0.6 is 11.3 Å². The first-order valence-electron chi connectivity index (χ1n) is 4.74. The number of thiazole rings is 1. The monoisotopic (exact) mass is 238 g/mol. The van der Waals surface area contributed by atoms with Crippen molar-refractivity contribution in [1.82, 2.24) is 4.98 Å². The molecule has 1 rings (SSSR count). The molecule has 1 aromatic heterocycles. The van der Waals surface area contributed by atoms with E-state index in [4.69, 9.17) is 5.73 Å². The normalized spacial score (nSPS) is 12.1. The molecule has 2 N–H and O–H groups in total. The Morgan fingerprint density at radius 3 is 2.47 bits per heavy atom. The van der Waals surface area contributed by atoms with Crippen molar-refractivity contribution in [2.45, 2.75) is 38.9 Å². The molecule has 0 aliphatic heterocycles. The Morgan fingerprint density at radius 1 is 1.40 bits per heavy atom. The van der Waals surface area contributed by atoms with Crippen LogP contribution in [0.3, 0.4) is 0 Å². The molecule has 0 amide bonds. The summed E-state index contributed by atoms with van der Waals surface area (Å²) in [6, 6.07) is 0. The average molecular weight is 238 g/mol. The molecule has 0 radical (unpaired) electrons. The van der Waals surface area contributed by atoms with Crippen LogP contribution in [0.2, 0.25) is 0 Å². The molecule has 86 valence electrons. The maximum atomic E-state index is 12.5. The molecule has 0 saturated heterocycles. The summed E-state index contributed by atoms with van der Waals surface area (Å²) in [5, 5.41) is 0.532. The van der Waals surface area contributed by atoms with E-state index < -0.39 is 11.9 Å². The summed E-state index contributed by atoms with van der Waals surface area (Å²) >= 11 is 1.07. The minimum Gasteiger partial charge on any atom is -0.326 e. The van der Waals surface area contributed by atoms with Crippen molar-refractivity contribution in [3.63, 3.8) is 0 Å². The number of unbranched alkanes of at least 4 members (excludes halogenated alkanes) is 1. The van der Waals surface area contributed by atoms with E-state index in [2.05, 4.69) is 4.98 Å². The number of halogens is 3. The molecule has 0 unspecified atom stereocenters. The van der Waals surface area contributed by atoms with Crippen LogP contribution in [0.15, 0.2) is 0 Å². The van der Waals surface area contributed by atoms with Gasteiger partial charge in [-0.1, -0.05) is 13.3 Å². The Hall–Kier alpha value is -0.620. The molecule has 0 spiro atoms. The Morgan fingerprint density at radius 2 is 2.07 bits per heavy atom. The van der Waals surface area contributed by atoms with Crippen molar-refractivity contribution in [3.05, 3.63) is 15.6 Å². The number of nitrogens with zero attached hydrogens (tertiary/aromatic N) is 1. The number of rotatable bonds is 4. The van der Waals surface area contributed by atoms with Crippen LogP contribution in [0, 0.1) is 0 Å². The lowest BCUT2D eigenvalue weighted by molar-refractivity contribution is -0.141. The minimum absolute atomic E-state index is 0.0986. The molecule has 0 atom stereocenters. The smallest absolute Gasteiger partial charge is 0.326 e. The summed E-state index contributed by atoms with van der Waals surface area (Å²) in [6.45, 7) is 1.89. The van der Waals surface area contributed by atoms with Gasteiger partial charge in [-0.25, -0.2) is 4.98 Å². The van der Waals surface area contributed by atoms with E-state index in [1.54, 1.807) is 0 Å². The summed E-state index contributed by atoms with van der Waals surface area (Å²) in [7, 11) is 0. The van der Waals surface area contributed by atoms with Crippen molar-refractivity contribution in [2.75, 3.05) is 0 Å². The van der Waals surface area contributed by atoms with Gasteiger partial charge in [0, 0.05) is 6.54 Å².